The van der Waals surface area contributed by atoms with Crippen molar-refractivity contribution in [2.75, 3.05) is 39.5 Å². The van der Waals surface area contributed by atoms with E-state index in [0.29, 0.717) is 13.2 Å². The predicted octanol–water partition coefficient (Wildman–Crippen LogP) is 3.75. The monoisotopic (exact) mass is 415 g/mol. The number of aliphatic hydroxyl groups is 1. The zero-order valence-corrected chi connectivity index (χ0v) is 19.4. The molecule has 2 fully saturated rings. The van der Waals surface area contributed by atoms with Gasteiger partial charge in [-0.1, -0.05) is 51.5 Å². The van der Waals surface area contributed by atoms with Gasteiger partial charge in [-0.3, -0.25) is 4.99 Å². The fourth-order valence-electron chi connectivity index (χ4n) is 4.62. The zero-order chi connectivity index (χ0) is 21.7. The number of aliphatic imine (C=N–C) groups is 1. The highest BCUT2D eigenvalue weighted by Crippen LogP contribution is 2.43. The fraction of sp³-hybridized carbons (Fsp3) is 0.720. The van der Waals surface area contributed by atoms with Crippen LogP contribution in [-0.4, -0.2) is 50.5 Å². The first-order valence-electron chi connectivity index (χ1n) is 11.6. The number of nitrogens with one attached hydrogen (secondary N) is 2. The molecule has 5 nitrogen and oxygen atoms in total. The Morgan fingerprint density at radius 2 is 1.87 bits per heavy atom. The van der Waals surface area contributed by atoms with E-state index in [0.717, 1.165) is 38.5 Å². The molecule has 2 aliphatic rings. The molecule has 1 aliphatic heterocycles. The van der Waals surface area contributed by atoms with E-state index in [1.165, 1.54) is 30.4 Å². The van der Waals surface area contributed by atoms with Crippen LogP contribution in [-0.2, 0) is 15.6 Å². The fourth-order valence-corrected chi connectivity index (χ4v) is 4.62. The van der Waals surface area contributed by atoms with Gasteiger partial charge in [0.25, 0.3) is 0 Å². The van der Waals surface area contributed by atoms with Crippen molar-refractivity contribution >= 4 is 5.96 Å². The highest BCUT2D eigenvalue weighted by atomic mass is 16.5. The second-order valence-electron chi connectivity index (χ2n) is 10.3. The Morgan fingerprint density at radius 3 is 2.37 bits per heavy atom. The number of nitrogens with zero attached hydrogens (tertiary/aromatic N) is 1. The quantitative estimate of drug-likeness (QED) is 0.447. The molecule has 1 atom stereocenters. The molecule has 1 aromatic rings. The van der Waals surface area contributed by atoms with Crippen molar-refractivity contribution in [3.05, 3.63) is 35.4 Å². The normalized spacial score (nSPS) is 23.8. The molecule has 1 saturated heterocycles. The predicted molar refractivity (Wildman–Crippen MR) is 124 cm³/mol. The number of rotatable bonds is 8. The van der Waals surface area contributed by atoms with Crippen LogP contribution in [0.25, 0.3) is 0 Å². The lowest BCUT2D eigenvalue weighted by atomic mass is 9.64. The molecule has 1 aliphatic carbocycles. The summed E-state index contributed by atoms with van der Waals surface area (Å²) in [5.41, 5.74) is 3.19. The Balaban J connectivity index is 1.68. The van der Waals surface area contributed by atoms with E-state index in [4.69, 9.17) is 9.73 Å². The summed E-state index contributed by atoms with van der Waals surface area (Å²) in [6, 6.07) is 9.26. The van der Waals surface area contributed by atoms with Gasteiger partial charge in [0.05, 0.1) is 13.2 Å². The minimum Gasteiger partial charge on any atom is -0.396 e. The Bertz CT molecular complexity index is 696. The number of hydrogen-bond donors (Lipinski definition) is 3. The summed E-state index contributed by atoms with van der Waals surface area (Å²) < 4.78 is 5.62. The molecule has 168 valence electrons. The van der Waals surface area contributed by atoms with Crippen molar-refractivity contribution in [1.29, 1.82) is 0 Å². The molecule has 3 rings (SSSR count). The molecule has 0 aromatic heterocycles. The molecule has 0 radical (unpaired) electrons. The smallest absolute Gasteiger partial charge is 0.191 e. The lowest BCUT2D eigenvalue weighted by molar-refractivity contribution is 0.131. The number of hydrogen-bond acceptors (Lipinski definition) is 3. The molecule has 5 heteroatoms. The lowest BCUT2D eigenvalue weighted by Crippen LogP contribution is -2.49. The average Bonchev–Trinajstić information content (AvgIpc) is 3.14. The zero-order valence-electron chi connectivity index (χ0n) is 19.4. The summed E-state index contributed by atoms with van der Waals surface area (Å²) in [5.74, 6) is 0.874. The van der Waals surface area contributed by atoms with Crippen LogP contribution in [0.2, 0.25) is 0 Å². The Morgan fingerprint density at radius 1 is 1.13 bits per heavy atom. The Kier molecular flexibility index (Phi) is 7.46. The summed E-state index contributed by atoms with van der Waals surface area (Å²) in [5, 5.41) is 16.5. The molecular weight excluding hydrogens is 374 g/mol. The average molecular weight is 416 g/mol. The lowest BCUT2D eigenvalue weighted by Gasteiger charge is -2.43. The third-order valence-electron chi connectivity index (χ3n) is 7.01. The number of aliphatic hydroxyl groups excluding tert-OH is 1. The second-order valence-corrected chi connectivity index (χ2v) is 10.3. The Hall–Kier alpha value is -1.59. The third-order valence-corrected chi connectivity index (χ3v) is 7.01. The van der Waals surface area contributed by atoms with E-state index in [1.807, 2.05) is 0 Å². The maximum absolute atomic E-state index is 9.47. The van der Waals surface area contributed by atoms with Crippen LogP contribution < -0.4 is 10.6 Å². The van der Waals surface area contributed by atoms with Crippen LogP contribution in [0, 0.1) is 5.41 Å². The van der Waals surface area contributed by atoms with Crippen molar-refractivity contribution in [3.63, 3.8) is 0 Å². The molecular formula is C25H41N3O2. The molecule has 3 N–H and O–H groups in total. The third kappa shape index (κ3) is 5.36. The standard InChI is InChI=1S/C25H41N3O2/c1-5-26-22(27-17-24(13-15-29)14-16-30-19-24)28-18-25(11-6-12-25)21-9-7-20(8-10-21)23(2,3)4/h7-10,29H,5-6,11-19H2,1-4H3,(H2,26,27,28). The van der Waals surface area contributed by atoms with Gasteiger partial charge in [0.2, 0.25) is 0 Å². The van der Waals surface area contributed by atoms with Crippen LogP contribution in [0.1, 0.15) is 70.9 Å². The van der Waals surface area contributed by atoms with Crippen LogP contribution in [0.5, 0.6) is 0 Å². The highest BCUT2D eigenvalue weighted by molar-refractivity contribution is 5.80. The summed E-state index contributed by atoms with van der Waals surface area (Å²) in [6.45, 7) is 13.0. The van der Waals surface area contributed by atoms with Gasteiger partial charge < -0.3 is 20.5 Å². The molecule has 1 heterocycles. The van der Waals surface area contributed by atoms with Gasteiger partial charge in [-0.2, -0.15) is 0 Å². The van der Waals surface area contributed by atoms with Gasteiger partial charge in [0.1, 0.15) is 0 Å². The first-order valence-corrected chi connectivity index (χ1v) is 11.6. The van der Waals surface area contributed by atoms with Gasteiger partial charge in [0, 0.05) is 37.1 Å². The van der Waals surface area contributed by atoms with Crippen molar-refractivity contribution in [2.24, 2.45) is 10.4 Å². The summed E-state index contributed by atoms with van der Waals surface area (Å²) >= 11 is 0. The van der Waals surface area contributed by atoms with Crippen molar-refractivity contribution in [1.82, 2.24) is 10.6 Å². The minimum absolute atomic E-state index is 0.0198. The van der Waals surface area contributed by atoms with E-state index < -0.39 is 0 Å². The van der Waals surface area contributed by atoms with E-state index >= 15 is 0 Å². The number of ether oxygens (including phenoxy) is 1. The number of guanidine groups is 1. The van der Waals surface area contributed by atoms with Gasteiger partial charge >= 0.3 is 0 Å². The molecule has 0 spiro atoms. The first kappa shape index (κ1) is 23.1. The second kappa shape index (κ2) is 9.69. The van der Waals surface area contributed by atoms with E-state index in [-0.39, 0.29) is 22.9 Å². The highest BCUT2D eigenvalue weighted by Gasteiger charge is 2.39. The largest absolute Gasteiger partial charge is 0.396 e. The number of benzene rings is 1. The molecule has 0 bridgehead atoms. The van der Waals surface area contributed by atoms with Gasteiger partial charge in [-0.15, -0.1) is 0 Å². The van der Waals surface area contributed by atoms with Crippen molar-refractivity contribution in [2.45, 2.75) is 70.6 Å². The van der Waals surface area contributed by atoms with Crippen LogP contribution in [0.4, 0.5) is 0 Å². The molecule has 1 unspecified atom stereocenters. The molecule has 1 aromatic carbocycles. The topological polar surface area (TPSA) is 65.9 Å². The van der Waals surface area contributed by atoms with Crippen molar-refractivity contribution < 1.29 is 9.84 Å². The Labute approximate surface area is 182 Å². The van der Waals surface area contributed by atoms with Gasteiger partial charge in [0.15, 0.2) is 5.96 Å². The maximum atomic E-state index is 9.47. The van der Waals surface area contributed by atoms with Gasteiger partial charge in [-0.25, -0.2) is 0 Å². The molecule has 1 saturated carbocycles. The maximum Gasteiger partial charge on any atom is 0.191 e. The van der Waals surface area contributed by atoms with Crippen LogP contribution in [0.15, 0.2) is 29.3 Å². The molecule has 30 heavy (non-hydrogen) atoms. The first-order chi connectivity index (χ1) is 14.3. The van der Waals surface area contributed by atoms with Crippen LogP contribution >= 0.6 is 0 Å². The van der Waals surface area contributed by atoms with Crippen molar-refractivity contribution in [3.8, 4) is 0 Å². The van der Waals surface area contributed by atoms with E-state index in [9.17, 15) is 5.11 Å². The summed E-state index contributed by atoms with van der Waals surface area (Å²) in [7, 11) is 0. The SMILES string of the molecule is CCNC(=NCC1(CCO)CCOC1)NCC1(c2ccc(C(C)(C)C)cc2)CCC1. The van der Waals surface area contributed by atoms with Gasteiger partial charge in [-0.05, 0) is 49.1 Å². The minimum atomic E-state index is -0.0198. The molecule has 0 amide bonds. The summed E-state index contributed by atoms with van der Waals surface area (Å²) in [4.78, 5) is 4.89. The van der Waals surface area contributed by atoms with Crippen LogP contribution in [0.3, 0.4) is 0 Å². The van der Waals surface area contributed by atoms with E-state index in [2.05, 4.69) is 62.6 Å². The summed E-state index contributed by atoms with van der Waals surface area (Å²) in [6.07, 6.45) is 5.45. The van der Waals surface area contributed by atoms with E-state index in [1.54, 1.807) is 0 Å².